The lowest BCUT2D eigenvalue weighted by molar-refractivity contribution is -0.112. The summed E-state index contributed by atoms with van der Waals surface area (Å²) < 4.78 is 0. The fourth-order valence-corrected chi connectivity index (χ4v) is 2.51. The van der Waals surface area contributed by atoms with E-state index in [0.717, 1.165) is 16.7 Å². The molecule has 116 valence electrons. The molecule has 0 bridgehead atoms. The molecule has 5 heteroatoms. The second-order valence-electron chi connectivity index (χ2n) is 5.08. The first kappa shape index (κ1) is 17.1. The van der Waals surface area contributed by atoms with Gasteiger partial charge in [0.15, 0.2) is 0 Å². The highest BCUT2D eigenvalue weighted by molar-refractivity contribution is 6.40. The van der Waals surface area contributed by atoms with Gasteiger partial charge in [-0.1, -0.05) is 53.0 Å². The maximum atomic E-state index is 12.3. The van der Waals surface area contributed by atoms with Crippen molar-refractivity contribution in [2.45, 2.75) is 13.8 Å². The average molecular weight is 345 g/mol. The van der Waals surface area contributed by atoms with Crippen LogP contribution in [0, 0.1) is 25.2 Å². The third kappa shape index (κ3) is 4.13. The fraction of sp³-hybridized carbons (Fsp3) is 0.111. The number of aryl methyl sites for hydroxylation is 2. The molecule has 0 aromatic heterocycles. The van der Waals surface area contributed by atoms with Crippen LogP contribution in [0.2, 0.25) is 10.0 Å². The quantitative estimate of drug-likeness (QED) is 0.617. The summed E-state index contributed by atoms with van der Waals surface area (Å²) in [6, 6.07) is 12.7. The summed E-state index contributed by atoms with van der Waals surface area (Å²) in [5.41, 5.74) is 3.13. The summed E-state index contributed by atoms with van der Waals surface area (Å²) >= 11 is 12.1. The molecule has 2 aromatic rings. The largest absolute Gasteiger partial charge is 0.319 e. The van der Waals surface area contributed by atoms with Crippen LogP contribution in [-0.4, -0.2) is 5.91 Å². The third-order valence-corrected chi connectivity index (χ3v) is 3.93. The zero-order valence-electron chi connectivity index (χ0n) is 12.7. The van der Waals surface area contributed by atoms with E-state index < -0.39 is 5.91 Å². The van der Waals surface area contributed by atoms with E-state index in [0.29, 0.717) is 15.7 Å². The zero-order valence-corrected chi connectivity index (χ0v) is 14.2. The minimum atomic E-state index is -0.552. The predicted molar refractivity (Wildman–Crippen MR) is 94.6 cm³/mol. The molecule has 0 aliphatic carbocycles. The molecule has 3 nitrogen and oxygen atoms in total. The fourth-order valence-electron chi connectivity index (χ4n) is 2.02. The van der Waals surface area contributed by atoms with Gasteiger partial charge in [-0.15, -0.1) is 0 Å². The number of carbonyl (C=O) groups is 1. The molecule has 0 fully saturated rings. The number of carbonyl (C=O) groups excluding carboxylic acids is 1. The van der Waals surface area contributed by atoms with Gasteiger partial charge in [0, 0.05) is 0 Å². The molecule has 0 unspecified atom stereocenters. The van der Waals surface area contributed by atoms with E-state index in [1.54, 1.807) is 24.3 Å². The summed E-state index contributed by atoms with van der Waals surface area (Å²) in [6.07, 6.45) is 1.56. The Balaban J connectivity index is 2.34. The summed E-state index contributed by atoms with van der Waals surface area (Å²) in [7, 11) is 0. The second-order valence-corrected chi connectivity index (χ2v) is 5.90. The van der Waals surface area contributed by atoms with E-state index >= 15 is 0 Å². The lowest BCUT2D eigenvalue weighted by atomic mass is 10.0. The molecule has 0 saturated heterocycles. The molecule has 0 heterocycles. The van der Waals surface area contributed by atoms with Crippen LogP contribution >= 0.6 is 23.2 Å². The number of para-hydroxylation sites is 1. The summed E-state index contributed by atoms with van der Waals surface area (Å²) in [5.74, 6) is -0.552. The molecule has 2 rings (SSSR count). The number of nitrogens with zero attached hydrogens (tertiary/aromatic N) is 1. The molecule has 0 aliphatic heterocycles. The predicted octanol–water partition coefficient (Wildman–Crippen LogP) is 5.16. The van der Waals surface area contributed by atoms with Crippen LogP contribution < -0.4 is 5.32 Å². The van der Waals surface area contributed by atoms with Crippen molar-refractivity contribution in [2.24, 2.45) is 0 Å². The maximum absolute atomic E-state index is 12.3. The first-order valence-corrected chi connectivity index (χ1v) is 7.62. The van der Waals surface area contributed by atoms with Gasteiger partial charge >= 0.3 is 0 Å². The van der Waals surface area contributed by atoms with Crippen LogP contribution in [0.4, 0.5) is 5.69 Å². The van der Waals surface area contributed by atoms with Crippen molar-refractivity contribution in [1.82, 2.24) is 0 Å². The Kier molecular flexibility index (Phi) is 5.44. The molecule has 23 heavy (non-hydrogen) atoms. The Bertz CT molecular complexity index is 815. The third-order valence-electron chi connectivity index (χ3n) is 3.30. The Morgan fingerprint density at radius 3 is 2.43 bits per heavy atom. The van der Waals surface area contributed by atoms with Crippen molar-refractivity contribution >= 4 is 40.9 Å². The number of benzene rings is 2. The molecule has 1 amide bonds. The topological polar surface area (TPSA) is 52.9 Å². The molecule has 0 saturated carbocycles. The average Bonchev–Trinajstić information content (AvgIpc) is 2.51. The second kappa shape index (κ2) is 7.32. The standard InChI is InChI=1S/C18H14Cl2N2O/c1-11-6-7-12(2)13(8-11)9-14(10-21)18(23)22-17-15(19)4-3-5-16(17)20/h3-9H,1-2H3,(H,22,23)/b14-9+. The number of hydrogen-bond donors (Lipinski definition) is 1. The molecule has 1 N–H and O–H groups in total. The molecular weight excluding hydrogens is 331 g/mol. The van der Waals surface area contributed by atoms with E-state index in [9.17, 15) is 10.1 Å². The minimum absolute atomic E-state index is 0.0188. The van der Waals surface area contributed by atoms with Gasteiger partial charge in [0.2, 0.25) is 0 Å². The number of amides is 1. The van der Waals surface area contributed by atoms with E-state index in [-0.39, 0.29) is 5.57 Å². The lowest BCUT2D eigenvalue weighted by Crippen LogP contribution is -2.14. The SMILES string of the molecule is Cc1ccc(C)c(/C=C(\C#N)C(=O)Nc2c(Cl)cccc2Cl)c1. The monoisotopic (exact) mass is 344 g/mol. The van der Waals surface area contributed by atoms with E-state index in [4.69, 9.17) is 23.2 Å². The summed E-state index contributed by atoms with van der Waals surface area (Å²) in [5, 5.41) is 12.5. The Labute approximate surface area is 145 Å². The minimum Gasteiger partial charge on any atom is -0.319 e. The van der Waals surface area contributed by atoms with Crippen LogP contribution in [0.15, 0.2) is 42.0 Å². The Morgan fingerprint density at radius 2 is 1.83 bits per heavy atom. The van der Waals surface area contributed by atoms with Crippen molar-refractivity contribution in [2.75, 3.05) is 5.32 Å². The summed E-state index contributed by atoms with van der Waals surface area (Å²) in [6.45, 7) is 3.87. The van der Waals surface area contributed by atoms with Crippen LogP contribution in [-0.2, 0) is 4.79 Å². The van der Waals surface area contributed by atoms with Crippen molar-refractivity contribution in [1.29, 1.82) is 5.26 Å². The molecule has 0 radical (unpaired) electrons. The van der Waals surface area contributed by atoms with Crippen LogP contribution in [0.3, 0.4) is 0 Å². The molecule has 2 aromatic carbocycles. The number of rotatable bonds is 3. The van der Waals surface area contributed by atoms with E-state index in [2.05, 4.69) is 5.32 Å². The first-order valence-electron chi connectivity index (χ1n) is 6.87. The van der Waals surface area contributed by atoms with Crippen LogP contribution in [0.1, 0.15) is 16.7 Å². The Morgan fingerprint density at radius 1 is 1.17 bits per heavy atom. The first-order chi connectivity index (χ1) is 10.9. The number of hydrogen-bond acceptors (Lipinski definition) is 2. The molecule has 0 spiro atoms. The van der Waals surface area contributed by atoms with Gasteiger partial charge in [0.25, 0.3) is 5.91 Å². The van der Waals surface area contributed by atoms with Crippen molar-refractivity contribution in [3.8, 4) is 6.07 Å². The number of halogens is 2. The van der Waals surface area contributed by atoms with Crippen molar-refractivity contribution in [3.05, 3.63) is 68.7 Å². The van der Waals surface area contributed by atoms with Crippen LogP contribution in [0.5, 0.6) is 0 Å². The molecule has 0 aliphatic rings. The lowest BCUT2D eigenvalue weighted by Gasteiger charge is -2.09. The number of nitriles is 1. The smallest absolute Gasteiger partial charge is 0.266 e. The number of anilines is 1. The van der Waals surface area contributed by atoms with Gasteiger partial charge in [0.1, 0.15) is 11.6 Å². The highest BCUT2D eigenvalue weighted by Gasteiger charge is 2.14. The summed E-state index contributed by atoms with van der Waals surface area (Å²) in [4.78, 5) is 12.3. The highest BCUT2D eigenvalue weighted by Crippen LogP contribution is 2.30. The molecule has 0 atom stereocenters. The number of nitrogens with one attached hydrogen (secondary N) is 1. The molecular formula is C18H14Cl2N2O. The highest BCUT2D eigenvalue weighted by atomic mass is 35.5. The van der Waals surface area contributed by atoms with E-state index in [1.165, 1.54) is 0 Å². The van der Waals surface area contributed by atoms with E-state index in [1.807, 2.05) is 38.1 Å². The van der Waals surface area contributed by atoms with Gasteiger partial charge in [-0.25, -0.2) is 0 Å². The van der Waals surface area contributed by atoms with Gasteiger partial charge in [-0.05, 0) is 43.2 Å². The Hall–Kier alpha value is -2.28. The van der Waals surface area contributed by atoms with Crippen molar-refractivity contribution < 1.29 is 4.79 Å². The maximum Gasteiger partial charge on any atom is 0.266 e. The van der Waals surface area contributed by atoms with Gasteiger partial charge < -0.3 is 5.32 Å². The van der Waals surface area contributed by atoms with Gasteiger partial charge in [-0.2, -0.15) is 5.26 Å². The van der Waals surface area contributed by atoms with Crippen molar-refractivity contribution in [3.63, 3.8) is 0 Å². The normalized spacial score (nSPS) is 11.0. The van der Waals surface area contributed by atoms with Crippen LogP contribution in [0.25, 0.3) is 6.08 Å². The van der Waals surface area contributed by atoms with Gasteiger partial charge in [-0.3, -0.25) is 4.79 Å². The van der Waals surface area contributed by atoms with Gasteiger partial charge in [0.05, 0.1) is 15.7 Å². The zero-order chi connectivity index (χ0) is 17.0.